The fraction of sp³-hybridized carbons (Fsp3) is 0.357. The molecule has 1 aromatic carbocycles. The number of rotatable bonds is 3. The molecule has 0 saturated heterocycles. The molecule has 0 aliphatic carbocycles. The summed E-state index contributed by atoms with van der Waals surface area (Å²) < 4.78 is 2.92. The predicted octanol–water partition coefficient (Wildman–Crippen LogP) is 4.22. The van der Waals surface area contributed by atoms with E-state index in [0.717, 1.165) is 11.2 Å². The molecule has 17 heavy (non-hydrogen) atoms. The molecule has 3 heteroatoms. The summed E-state index contributed by atoms with van der Waals surface area (Å²) in [5, 5.41) is 0. The first-order chi connectivity index (χ1) is 8.15. The van der Waals surface area contributed by atoms with Gasteiger partial charge < -0.3 is 4.98 Å². The van der Waals surface area contributed by atoms with Crippen LogP contribution in [0.25, 0.3) is 5.69 Å². The van der Waals surface area contributed by atoms with Crippen LogP contribution in [0.2, 0.25) is 0 Å². The van der Waals surface area contributed by atoms with Crippen molar-refractivity contribution in [1.29, 1.82) is 0 Å². The monoisotopic (exact) mass is 246 g/mol. The Balaban J connectivity index is 2.68. The minimum absolute atomic E-state index is 0.452. The SMILES string of the molecule is CCc1ccccc1-n1c(C(C)C)c[nH]c1=S. The van der Waals surface area contributed by atoms with Gasteiger partial charge in [-0.2, -0.15) is 0 Å². The number of benzene rings is 1. The molecular formula is C14H18N2S. The predicted molar refractivity (Wildman–Crippen MR) is 74.4 cm³/mol. The zero-order valence-electron chi connectivity index (χ0n) is 10.5. The molecule has 0 aliphatic heterocycles. The van der Waals surface area contributed by atoms with Gasteiger partial charge in [0.25, 0.3) is 0 Å². The van der Waals surface area contributed by atoms with E-state index in [1.807, 2.05) is 6.20 Å². The van der Waals surface area contributed by atoms with Gasteiger partial charge in [0.2, 0.25) is 0 Å². The van der Waals surface area contributed by atoms with E-state index in [9.17, 15) is 0 Å². The van der Waals surface area contributed by atoms with Crippen LogP contribution in [-0.2, 0) is 6.42 Å². The number of aromatic nitrogens is 2. The zero-order chi connectivity index (χ0) is 12.4. The Morgan fingerprint density at radius 2 is 2.00 bits per heavy atom. The first-order valence-electron chi connectivity index (χ1n) is 6.03. The second-order valence-electron chi connectivity index (χ2n) is 4.49. The van der Waals surface area contributed by atoms with Crippen molar-refractivity contribution in [3.63, 3.8) is 0 Å². The minimum Gasteiger partial charge on any atom is -0.337 e. The molecule has 2 aromatic rings. The van der Waals surface area contributed by atoms with Gasteiger partial charge in [-0.3, -0.25) is 4.57 Å². The van der Waals surface area contributed by atoms with Crippen molar-refractivity contribution in [2.24, 2.45) is 0 Å². The lowest BCUT2D eigenvalue weighted by Gasteiger charge is -2.14. The van der Waals surface area contributed by atoms with Crippen LogP contribution in [0.5, 0.6) is 0 Å². The van der Waals surface area contributed by atoms with Crippen molar-refractivity contribution in [3.8, 4) is 5.69 Å². The van der Waals surface area contributed by atoms with Gasteiger partial charge in [0, 0.05) is 11.9 Å². The summed E-state index contributed by atoms with van der Waals surface area (Å²) in [5.74, 6) is 0.452. The maximum Gasteiger partial charge on any atom is 0.182 e. The fourth-order valence-electron chi connectivity index (χ4n) is 2.08. The lowest BCUT2D eigenvalue weighted by atomic mass is 10.1. The summed E-state index contributed by atoms with van der Waals surface area (Å²) in [7, 11) is 0. The van der Waals surface area contributed by atoms with E-state index in [4.69, 9.17) is 12.2 Å². The number of nitrogens with zero attached hydrogens (tertiary/aromatic N) is 1. The third kappa shape index (κ3) is 2.20. The third-order valence-corrected chi connectivity index (χ3v) is 3.31. The van der Waals surface area contributed by atoms with Crippen LogP contribution >= 0.6 is 12.2 Å². The third-order valence-electron chi connectivity index (χ3n) is 3.01. The van der Waals surface area contributed by atoms with Crippen LogP contribution in [0, 0.1) is 4.77 Å². The molecule has 0 unspecified atom stereocenters. The maximum atomic E-state index is 5.39. The van der Waals surface area contributed by atoms with E-state index in [1.165, 1.54) is 16.9 Å². The number of hydrogen-bond acceptors (Lipinski definition) is 1. The lowest BCUT2D eigenvalue weighted by Crippen LogP contribution is -2.04. The van der Waals surface area contributed by atoms with Crippen molar-refractivity contribution in [3.05, 3.63) is 46.5 Å². The Hall–Kier alpha value is -1.35. The fourth-order valence-corrected chi connectivity index (χ4v) is 2.35. The highest BCUT2D eigenvalue weighted by Crippen LogP contribution is 2.22. The Labute approximate surface area is 107 Å². The van der Waals surface area contributed by atoms with Crippen LogP contribution in [0.15, 0.2) is 30.5 Å². The summed E-state index contributed by atoms with van der Waals surface area (Å²) in [6, 6.07) is 8.43. The van der Waals surface area contributed by atoms with Gasteiger partial charge in [-0.25, -0.2) is 0 Å². The first kappa shape index (κ1) is 12.1. The van der Waals surface area contributed by atoms with Gasteiger partial charge >= 0.3 is 0 Å². The van der Waals surface area contributed by atoms with Crippen molar-refractivity contribution in [2.45, 2.75) is 33.1 Å². The Bertz CT molecular complexity index is 564. The van der Waals surface area contributed by atoms with Crippen LogP contribution in [0.4, 0.5) is 0 Å². The number of para-hydroxylation sites is 1. The van der Waals surface area contributed by atoms with E-state index < -0.39 is 0 Å². The molecule has 0 atom stereocenters. The maximum absolute atomic E-state index is 5.39. The molecule has 0 spiro atoms. The molecule has 1 N–H and O–H groups in total. The summed E-state index contributed by atoms with van der Waals surface area (Å²) in [5.41, 5.74) is 3.76. The molecule has 2 nitrogen and oxygen atoms in total. The second-order valence-corrected chi connectivity index (χ2v) is 4.88. The Kier molecular flexibility index (Phi) is 3.48. The van der Waals surface area contributed by atoms with Crippen molar-refractivity contribution < 1.29 is 0 Å². The highest BCUT2D eigenvalue weighted by molar-refractivity contribution is 7.71. The number of aryl methyl sites for hydroxylation is 1. The van der Waals surface area contributed by atoms with Gasteiger partial charge in [-0.15, -0.1) is 0 Å². The first-order valence-corrected chi connectivity index (χ1v) is 6.44. The standard InChI is InChI=1S/C14H18N2S/c1-4-11-7-5-6-8-12(11)16-13(10(2)3)9-15-14(16)17/h5-10H,4H2,1-3H3,(H,15,17). The van der Waals surface area contributed by atoms with E-state index in [1.54, 1.807) is 0 Å². The lowest BCUT2D eigenvalue weighted by molar-refractivity contribution is 0.779. The highest BCUT2D eigenvalue weighted by Gasteiger charge is 2.11. The zero-order valence-corrected chi connectivity index (χ0v) is 11.3. The molecule has 0 bridgehead atoms. The van der Waals surface area contributed by atoms with Gasteiger partial charge in [0.15, 0.2) is 4.77 Å². The normalized spacial score (nSPS) is 11.1. The number of H-pyrrole nitrogens is 1. The summed E-state index contributed by atoms with van der Waals surface area (Å²) in [4.78, 5) is 3.15. The van der Waals surface area contributed by atoms with E-state index >= 15 is 0 Å². The number of aromatic amines is 1. The topological polar surface area (TPSA) is 20.7 Å². The van der Waals surface area contributed by atoms with E-state index in [0.29, 0.717) is 5.92 Å². The minimum atomic E-state index is 0.452. The molecule has 0 amide bonds. The number of imidazole rings is 1. The van der Waals surface area contributed by atoms with Gasteiger partial charge in [-0.1, -0.05) is 39.0 Å². The van der Waals surface area contributed by atoms with Gasteiger partial charge in [-0.05, 0) is 36.2 Å². The molecule has 0 saturated carbocycles. The Morgan fingerprint density at radius 3 is 2.65 bits per heavy atom. The molecule has 1 heterocycles. The van der Waals surface area contributed by atoms with Crippen LogP contribution in [0.1, 0.15) is 37.9 Å². The van der Waals surface area contributed by atoms with Gasteiger partial charge in [0.05, 0.1) is 5.69 Å². The summed E-state index contributed by atoms with van der Waals surface area (Å²) >= 11 is 5.39. The highest BCUT2D eigenvalue weighted by atomic mass is 32.1. The Morgan fingerprint density at radius 1 is 1.29 bits per heavy atom. The number of nitrogens with one attached hydrogen (secondary N) is 1. The smallest absolute Gasteiger partial charge is 0.182 e. The molecule has 0 aliphatic rings. The molecule has 0 fully saturated rings. The van der Waals surface area contributed by atoms with Crippen molar-refractivity contribution in [1.82, 2.24) is 9.55 Å². The van der Waals surface area contributed by atoms with E-state index in [-0.39, 0.29) is 0 Å². The van der Waals surface area contributed by atoms with Crippen LogP contribution in [-0.4, -0.2) is 9.55 Å². The summed E-state index contributed by atoms with van der Waals surface area (Å²) in [6.45, 7) is 6.54. The second kappa shape index (κ2) is 4.88. The quantitative estimate of drug-likeness (QED) is 0.804. The summed E-state index contributed by atoms with van der Waals surface area (Å²) in [6.07, 6.45) is 3.03. The average molecular weight is 246 g/mol. The largest absolute Gasteiger partial charge is 0.337 e. The molecule has 0 radical (unpaired) electrons. The van der Waals surface area contributed by atoms with Crippen LogP contribution < -0.4 is 0 Å². The molecule has 1 aromatic heterocycles. The molecule has 90 valence electrons. The van der Waals surface area contributed by atoms with Gasteiger partial charge in [0.1, 0.15) is 0 Å². The average Bonchev–Trinajstić information content (AvgIpc) is 2.71. The number of hydrogen-bond donors (Lipinski definition) is 1. The molecule has 2 rings (SSSR count). The van der Waals surface area contributed by atoms with Crippen molar-refractivity contribution >= 4 is 12.2 Å². The van der Waals surface area contributed by atoms with Crippen molar-refractivity contribution in [2.75, 3.05) is 0 Å². The van der Waals surface area contributed by atoms with E-state index in [2.05, 4.69) is 54.6 Å². The van der Waals surface area contributed by atoms with Crippen LogP contribution in [0.3, 0.4) is 0 Å². The molecular weight excluding hydrogens is 228 g/mol.